The number of hydrogen-bond donors (Lipinski definition) is 3. The molecule has 1 atom stereocenters. The van der Waals surface area contributed by atoms with E-state index in [9.17, 15) is 14.7 Å². The van der Waals surface area contributed by atoms with Crippen LogP contribution in [0.4, 0.5) is 5.82 Å². The molecule has 11 nitrogen and oxygen atoms in total. The Balaban J connectivity index is 1.63. The number of carboxylic acid groups (broad SMARTS) is 1. The van der Waals surface area contributed by atoms with Crippen molar-refractivity contribution in [2.45, 2.75) is 38.3 Å². The summed E-state index contributed by atoms with van der Waals surface area (Å²) in [7, 11) is 0. The van der Waals surface area contributed by atoms with Crippen molar-refractivity contribution in [3.63, 3.8) is 0 Å². The lowest BCUT2D eigenvalue weighted by Gasteiger charge is -2.26. The predicted molar refractivity (Wildman–Crippen MR) is 109 cm³/mol. The summed E-state index contributed by atoms with van der Waals surface area (Å²) in [6.45, 7) is 0.553. The van der Waals surface area contributed by atoms with Crippen molar-refractivity contribution >= 4 is 23.0 Å². The first-order chi connectivity index (χ1) is 15.0. The van der Waals surface area contributed by atoms with E-state index in [1.54, 1.807) is 6.07 Å². The lowest BCUT2D eigenvalue weighted by atomic mass is 10.0. The van der Waals surface area contributed by atoms with E-state index in [1.165, 1.54) is 4.57 Å². The van der Waals surface area contributed by atoms with Gasteiger partial charge in [-0.3, -0.25) is 4.57 Å². The molecule has 0 saturated heterocycles. The number of aryl methyl sites for hydroxylation is 1. The Bertz CT molecular complexity index is 1230. The molecule has 4 bridgehead atoms. The van der Waals surface area contributed by atoms with E-state index >= 15 is 0 Å². The molecule has 5 rings (SSSR count). The molecule has 2 aliphatic rings. The number of benzene rings is 1. The average Bonchev–Trinajstić information content (AvgIpc) is 3.05. The Morgan fingerprint density at radius 3 is 2.94 bits per heavy atom. The van der Waals surface area contributed by atoms with E-state index in [4.69, 9.17) is 19.9 Å². The molecular weight excluding hydrogens is 406 g/mol. The molecule has 31 heavy (non-hydrogen) atoms. The fourth-order valence-electron chi connectivity index (χ4n) is 3.90. The van der Waals surface area contributed by atoms with Gasteiger partial charge >= 0.3 is 17.7 Å². The Hall–Kier alpha value is -3.76. The Labute approximate surface area is 175 Å². The first kappa shape index (κ1) is 19.2. The zero-order chi connectivity index (χ0) is 21.5. The van der Waals surface area contributed by atoms with E-state index in [2.05, 4.69) is 15.0 Å². The topological polar surface area (TPSA) is 155 Å². The molecule has 0 amide bonds. The van der Waals surface area contributed by atoms with E-state index < -0.39 is 12.1 Å². The summed E-state index contributed by atoms with van der Waals surface area (Å²) >= 11 is 0. The fraction of sp³-hybridized carbons (Fsp3) is 0.400. The third kappa shape index (κ3) is 3.51. The zero-order valence-corrected chi connectivity index (χ0v) is 16.6. The number of rotatable bonds is 1. The number of imidazole rings is 1. The molecule has 2 aliphatic heterocycles. The number of nitrogens with zero attached hydrogens (tertiary/aromatic N) is 3. The van der Waals surface area contributed by atoms with E-state index in [-0.39, 0.29) is 30.7 Å². The Kier molecular flexibility index (Phi) is 4.64. The van der Waals surface area contributed by atoms with Crippen molar-refractivity contribution in [1.29, 1.82) is 0 Å². The van der Waals surface area contributed by atoms with Gasteiger partial charge in [0.2, 0.25) is 6.10 Å². The molecular formula is C20H21N5O6. The molecule has 0 aliphatic carbocycles. The van der Waals surface area contributed by atoms with Gasteiger partial charge in [0, 0.05) is 0 Å². The number of fused-ring (bicyclic) bond motifs is 5. The number of H-pyrrole nitrogens is 1. The molecule has 0 saturated carbocycles. The zero-order valence-electron chi connectivity index (χ0n) is 16.6. The number of aromatic amines is 1. The molecule has 4 N–H and O–H groups in total. The standard InChI is InChI=1S/C20H21N5O6/c21-16-14-17-24-19(23-16)29-5-3-1-2-4-11-6-10(8-25(17)20(28)22-14)7-12-15(11)30-9-13(31-12)18(26)27/h6-7,13H,1-5,8-9H2,(H,22,28)(H,26,27)(H2,21,23,24). The van der Waals surface area contributed by atoms with Crippen LogP contribution in [0.5, 0.6) is 17.5 Å². The first-order valence-electron chi connectivity index (χ1n) is 10.1. The monoisotopic (exact) mass is 427 g/mol. The van der Waals surface area contributed by atoms with Crippen LogP contribution in [0.1, 0.15) is 30.4 Å². The number of nitrogens with two attached hydrogens (primary N) is 1. The molecule has 4 heterocycles. The number of nitrogens with one attached hydrogen (secondary N) is 1. The second-order valence-corrected chi connectivity index (χ2v) is 7.60. The van der Waals surface area contributed by atoms with Gasteiger partial charge in [-0.1, -0.05) is 6.07 Å². The Morgan fingerprint density at radius 2 is 2.10 bits per heavy atom. The molecule has 11 heteroatoms. The van der Waals surface area contributed by atoms with Crippen molar-refractivity contribution in [3.05, 3.63) is 33.7 Å². The van der Waals surface area contributed by atoms with Crippen LogP contribution in [0.15, 0.2) is 16.9 Å². The third-order valence-corrected chi connectivity index (χ3v) is 5.41. The minimum atomic E-state index is -1.09. The van der Waals surface area contributed by atoms with Gasteiger partial charge in [-0.15, -0.1) is 0 Å². The predicted octanol–water partition coefficient (Wildman–Crippen LogP) is 1.08. The lowest BCUT2D eigenvalue weighted by Crippen LogP contribution is -2.36. The summed E-state index contributed by atoms with van der Waals surface area (Å²) in [4.78, 5) is 35.2. The van der Waals surface area contributed by atoms with Crippen molar-refractivity contribution in [1.82, 2.24) is 19.5 Å². The van der Waals surface area contributed by atoms with Gasteiger partial charge in [-0.2, -0.15) is 9.97 Å². The number of carboxylic acids is 1. The summed E-state index contributed by atoms with van der Waals surface area (Å²) in [5, 5.41) is 9.30. The lowest BCUT2D eigenvalue weighted by molar-refractivity contribution is -0.147. The van der Waals surface area contributed by atoms with Crippen LogP contribution in [0, 0.1) is 0 Å². The molecule has 2 aromatic heterocycles. The summed E-state index contributed by atoms with van der Waals surface area (Å²) in [5.41, 5.74) is 7.96. The molecule has 0 radical (unpaired) electrons. The number of hydrogen-bond acceptors (Lipinski definition) is 8. The highest BCUT2D eigenvalue weighted by atomic mass is 16.6. The normalized spacial score (nSPS) is 18.4. The van der Waals surface area contributed by atoms with Gasteiger partial charge in [0.25, 0.3) is 0 Å². The number of aromatic nitrogens is 4. The highest BCUT2D eigenvalue weighted by Gasteiger charge is 2.29. The summed E-state index contributed by atoms with van der Waals surface area (Å²) in [6.07, 6.45) is 2.22. The maximum atomic E-state index is 12.6. The van der Waals surface area contributed by atoms with Crippen molar-refractivity contribution < 1.29 is 24.1 Å². The fourth-order valence-corrected chi connectivity index (χ4v) is 3.90. The highest BCUT2D eigenvalue weighted by molar-refractivity contribution is 5.82. The third-order valence-electron chi connectivity index (χ3n) is 5.41. The smallest absolute Gasteiger partial charge is 0.348 e. The average molecular weight is 427 g/mol. The number of anilines is 1. The van der Waals surface area contributed by atoms with Gasteiger partial charge in [0.15, 0.2) is 23.0 Å². The quantitative estimate of drug-likeness (QED) is 0.517. The second-order valence-electron chi connectivity index (χ2n) is 7.60. The van der Waals surface area contributed by atoms with Crippen LogP contribution in [-0.4, -0.2) is 49.9 Å². The van der Waals surface area contributed by atoms with Crippen LogP contribution in [0.3, 0.4) is 0 Å². The molecule has 162 valence electrons. The second kappa shape index (κ2) is 7.49. The van der Waals surface area contributed by atoms with Gasteiger partial charge in [-0.25, -0.2) is 9.59 Å². The summed E-state index contributed by atoms with van der Waals surface area (Å²) in [5.74, 6) is -0.0311. The van der Waals surface area contributed by atoms with Crippen LogP contribution in [-0.2, 0) is 17.8 Å². The van der Waals surface area contributed by atoms with Crippen molar-refractivity contribution in [2.24, 2.45) is 0 Å². The van der Waals surface area contributed by atoms with Crippen LogP contribution < -0.4 is 25.6 Å². The number of nitrogen functional groups attached to an aromatic ring is 1. The molecule has 3 aromatic rings. The number of ether oxygens (including phenoxy) is 3. The van der Waals surface area contributed by atoms with Crippen LogP contribution in [0.25, 0.3) is 11.2 Å². The molecule has 0 fully saturated rings. The SMILES string of the molecule is Nc1nc2nc3c1[nH]c(=O)n3Cc1cc(c3c(c1)OC(C(=O)O)CO3)CCCCCO2. The van der Waals surface area contributed by atoms with Crippen LogP contribution in [0.2, 0.25) is 0 Å². The minimum absolute atomic E-state index is 0.0522. The van der Waals surface area contributed by atoms with Crippen molar-refractivity contribution in [3.8, 4) is 17.5 Å². The highest BCUT2D eigenvalue weighted by Crippen LogP contribution is 2.38. The largest absolute Gasteiger partial charge is 0.485 e. The van der Waals surface area contributed by atoms with Gasteiger partial charge < -0.3 is 30.0 Å². The molecule has 1 aromatic carbocycles. The molecule has 0 spiro atoms. The number of aliphatic carboxylic acids is 1. The Morgan fingerprint density at radius 1 is 1.23 bits per heavy atom. The first-order valence-corrected chi connectivity index (χ1v) is 10.1. The molecule has 1 unspecified atom stereocenters. The summed E-state index contributed by atoms with van der Waals surface area (Å²) in [6, 6.07) is 3.79. The minimum Gasteiger partial charge on any atom is -0.485 e. The summed E-state index contributed by atoms with van der Waals surface area (Å²) < 4.78 is 18.5. The number of carbonyl (C=O) groups is 1. The van der Waals surface area contributed by atoms with E-state index in [0.717, 1.165) is 36.8 Å². The van der Waals surface area contributed by atoms with Gasteiger partial charge in [0.05, 0.1) is 13.2 Å². The maximum absolute atomic E-state index is 12.6. The van der Waals surface area contributed by atoms with E-state index in [1.807, 2.05) is 6.07 Å². The maximum Gasteiger partial charge on any atom is 0.348 e. The van der Waals surface area contributed by atoms with Crippen LogP contribution >= 0.6 is 0 Å². The van der Waals surface area contributed by atoms with E-state index in [0.29, 0.717) is 29.3 Å². The van der Waals surface area contributed by atoms with Gasteiger partial charge in [0.1, 0.15) is 12.1 Å². The van der Waals surface area contributed by atoms with Gasteiger partial charge in [-0.05, 0) is 42.9 Å². The van der Waals surface area contributed by atoms with Crippen molar-refractivity contribution in [2.75, 3.05) is 18.9 Å².